The van der Waals surface area contributed by atoms with E-state index in [4.69, 9.17) is 5.73 Å². The summed E-state index contributed by atoms with van der Waals surface area (Å²) in [7, 11) is 1.45. The molecule has 0 aliphatic rings. The number of likely N-dealkylation sites (N-methyl/N-ethyl adjacent to an activating group) is 1. The van der Waals surface area contributed by atoms with Crippen molar-refractivity contribution in [2.24, 2.45) is 5.73 Å². The highest BCUT2D eigenvalue weighted by Crippen LogP contribution is 2.06. The molecule has 7 heteroatoms. The van der Waals surface area contributed by atoms with Gasteiger partial charge in [-0.25, -0.2) is 4.39 Å². The summed E-state index contributed by atoms with van der Waals surface area (Å²) in [5, 5.41) is 2.29. The van der Waals surface area contributed by atoms with Crippen LogP contribution >= 0.6 is 12.2 Å². The Balaban J connectivity index is 2.57. The molecule has 0 spiro atoms. The van der Waals surface area contributed by atoms with Crippen LogP contribution in [-0.2, 0) is 16.1 Å². The molecule has 2 amide bonds. The molecular weight excluding hydrogens is 269 g/mol. The highest BCUT2D eigenvalue weighted by Gasteiger charge is 2.18. The molecule has 0 heterocycles. The first-order valence-corrected chi connectivity index (χ1v) is 5.87. The summed E-state index contributed by atoms with van der Waals surface area (Å²) >= 11 is 4.58. The van der Waals surface area contributed by atoms with E-state index in [9.17, 15) is 14.0 Å². The first-order valence-electron chi connectivity index (χ1n) is 5.46. The second-order valence-corrected chi connectivity index (χ2v) is 4.46. The number of halogens is 1. The van der Waals surface area contributed by atoms with Gasteiger partial charge in [-0.15, -0.1) is 0 Å². The molecule has 0 radical (unpaired) electrons. The van der Waals surface area contributed by atoms with Crippen LogP contribution in [0, 0.1) is 5.82 Å². The van der Waals surface area contributed by atoms with E-state index in [2.05, 4.69) is 17.5 Å². The topological polar surface area (TPSA) is 75.4 Å². The molecular formula is C12H14FN3O2S. The number of nitrogens with zero attached hydrogens (tertiary/aromatic N) is 1. The van der Waals surface area contributed by atoms with Crippen LogP contribution in [0.3, 0.4) is 0 Å². The Labute approximate surface area is 115 Å². The van der Waals surface area contributed by atoms with Crippen LogP contribution in [-0.4, -0.2) is 35.3 Å². The molecule has 1 rings (SSSR count). The molecule has 1 aromatic rings. The molecule has 0 saturated carbocycles. The van der Waals surface area contributed by atoms with Gasteiger partial charge in [0.1, 0.15) is 5.82 Å². The molecule has 0 atom stereocenters. The van der Waals surface area contributed by atoms with Crippen LogP contribution in [0.2, 0.25) is 0 Å². The highest BCUT2D eigenvalue weighted by atomic mass is 32.1. The fourth-order valence-corrected chi connectivity index (χ4v) is 1.47. The van der Waals surface area contributed by atoms with Crippen molar-refractivity contribution in [2.75, 3.05) is 13.6 Å². The van der Waals surface area contributed by atoms with Gasteiger partial charge in [-0.1, -0.05) is 24.4 Å². The molecule has 0 saturated heterocycles. The summed E-state index contributed by atoms with van der Waals surface area (Å²) in [5.41, 5.74) is 5.80. The maximum absolute atomic E-state index is 13.0. The number of benzene rings is 1. The third-order valence-corrected chi connectivity index (χ3v) is 2.42. The van der Waals surface area contributed by atoms with E-state index < -0.39 is 17.6 Å². The Bertz CT molecular complexity index is 508. The number of amides is 2. The average Bonchev–Trinajstić information content (AvgIpc) is 2.34. The van der Waals surface area contributed by atoms with Gasteiger partial charge in [-0.05, 0) is 17.7 Å². The Kier molecular flexibility index (Phi) is 5.37. The van der Waals surface area contributed by atoms with Gasteiger partial charge in [-0.3, -0.25) is 9.59 Å². The monoisotopic (exact) mass is 283 g/mol. The van der Waals surface area contributed by atoms with Gasteiger partial charge in [0, 0.05) is 13.6 Å². The van der Waals surface area contributed by atoms with Gasteiger partial charge >= 0.3 is 11.8 Å². The quantitative estimate of drug-likeness (QED) is 0.611. The molecule has 0 aliphatic carbocycles. The minimum Gasteiger partial charge on any atom is -0.392 e. The lowest BCUT2D eigenvalue weighted by molar-refractivity contribution is -0.145. The molecule has 0 unspecified atom stereocenters. The molecule has 0 aromatic heterocycles. The fourth-order valence-electron chi connectivity index (χ4n) is 1.40. The smallest absolute Gasteiger partial charge is 0.311 e. The number of carbonyl (C=O) groups excluding carboxylic acids is 2. The Morgan fingerprint density at radius 1 is 1.47 bits per heavy atom. The number of carbonyl (C=O) groups is 2. The van der Waals surface area contributed by atoms with Crippen molar-refractivity contribution in [1.29, 1.82) is 0 Å². The Morgan fingerprint density at radius 2 is 2.16 bits per heavy atom. The minimum absolute atomic E-state index is 0.0340. The van der Waals surface area contributed by atoms with Crippen molar-refractivity contribution in [2.45, 2.75) is 6.54 Å². The van der Waals surface area contributed by atoms with Crippen molar-refractivity contribution < 1.29 is 14.0 Å². The van der Waals surface area contributed by atoms with E-state index >= 15 is 0 Å². The summed E-state index contributed by atoms with van der Waals surface area (Å²) in [5.74, 6) is -1.93. The maximum Gasteiger partial charge on any atom is 0.311 e. The van der Waals surface area contributed by atoms with E-state index in [1.165, 1.54) is 30.1 Å². The van der Waals surface area contributed by atoms with Crippen LogP contribution < -0.4 is 11.1 Å². The van der Waals surface area contributed by atoms with E-state index in [0.717, 1.165) is 0 Å². The molecule has 102 valence electrons. The maximum atomic E-state index is 13.0. The number of rotatable bonds is 4. The molecule has 5 nitrogen and oxygen atoms in total. The molecule has 0 bridgehead atoms. The second kappa shape index (κ2) is 6.79. The molecule has 0 aliphatic heterocycles. The average molecular weight is 283 g/mol. The lowest BCUT2D eigenvalue weighted by atomic mass is 10.2. The lowest BCUT2D eigenvalue weighted by Gasteiger charge is -2.16. The van der Waals surface area contributed by atoms with Gasteiger partial charge in [-0.2, -0.15) is 0 Å². The summed E-state index contributed by atoms with van der Waals surface area (Å²) in [6.07, 6.45) is 0. The van der Waals surface area contributed by atoms with Crippen molar-refractivity contribution >= 4 is 29.0 Å². The molecule has 0 fully saturated rings. The van der Waals surface area contributed by atoms with Gasteiger partial charge < -0.3 is 16.0 Å². The van der Waals surface area contributed by atoms with Crippen molar-refractivity contribution in [3.05, 3.63) is 35.6 Å². The number of hydrogen-bond acceptors (Lipinski definition) is 3. The predicted octanol–water partition coefficient (Wildman–Crippen LogP) is 0.186. The standard InChI is InChI=1S/C12H14FN3O2S/c1-16(7-8-3-2-4-9(13)5-8)12(18)11(17)15-6-10(14)19/h2-5H,6-7H2,1H3,(H2,14,19)(H,15,17). The first kappa shape index (κ1) is 15.0. The number of hydrogen-bond donors (Lipinski definition) is 2. The van der Waals surface area contributed by atoms with Gasteiger partial charge in [0.25, 0.3) is 0 Å². The largest absolute Gasteiger partial charge is 0.392 e. The zero-order valence-electron chi connectivity index (χ0n) is 10.4. The lowest BCUT2D eigenvalue weighted by Crippen LogP contribution is -2.43. The van der Waals surface area contributed by atoms with Crippen LogP contribution in [0.25, 0.3) is 0 Å². The van der Waals surface area contributed by atoms with E-state index in [-0.39, 0.29) is 18.1 Å². The van der Waals surface area contributed by atoms with Crippen molar-refractivity contribution in [1.82, 2.24) is 10.2 Å². The minimum atomic E-state index is -0.799. The van der Waals surface area contributed by atoms with E-state index in [1.807, 2.05) is 0 Å². The summed E-state index contributed by atoms with van der Waals surface area (Å²) < 4.78 is 13.0. The van der Waals surface area contributed by atoms with Crippen molar-refractivity contribution in [3.63, 3.8) is 0 Å². The van der Waals surface area contributed by atoms with Gasteiger partial charge in [0.2, 0.25) is 0 Å². The molecule has 19 heavy (non-hydrogen) atoms. The normalized spacial score (nSPS) is 9.79. The molecule has 3 N–H and O–H groups in total. The van der Waals surface area contributed by atoms with Gasteiger partial charge in [0.15, 0.2) is 0 Å². The zero-order chi connectivity index (χ0) is 14.4. The zero-order valence-corrected chi connectivity index (χ0v) is 11.2. The number of nitrogens with two attached hydrogens (primary N) is 1. The SMILES string of the molecule is CN(Cc1cccc(F)c1)C(=O)C(=O)NCC(N)=S. The van der Waals surface area contributed by atoms with E-state index in [1.54, 1.807) is 6.07 Å². The summed E-state index contributed by atoms with van der Waals surface area (Å²) in [6.45, 7) is 0.102. The van der Waals surface area contributed by atoms with Crippen LogP contribution in [0.4, 0.5) is 4.39 Å². The van der Waals surface area contributed by atoms with Crippen molar-refractivity contribution in [3.8, 4) is 0 Å². The Hall–Kier alpha value is -2.02. The summed E-state index contributed by atoms with van der Waals surface area (Å²) in [6, 6.07) is 5.81. The Morgan fingerprint density at radius 3 is 2.74 bits per heavy atom. The summed E-state index contributed by atoms with van der Waals surface area (Å²) in [4.78, 5) is 24.4. The third kappa shape index (κ3) is 5.01. The fraction of sp³-hybridized carbons (Fsp3) is 0.250. The number of thiocarbonyl (C=S) groups is 1. The highest BCUT2D eigenvalue weighted by molar-refractivity contribution is 7.80. The van der Waals surface area contributed by atoms with Crippen LogP contribution in [0.1, 0.15) is 5.56 Å². The second-order valence-electron chi connectivity index (χ2n) is 3.94. The van der Waals surface area contributed by atoms with Gasteiger partial charge in [0.05, 0.1) is 11.5 Å². The van der Waals surface area contributed by atoms with Crippen LogP contribution in [0.5, 0.6) is 0 Å². The predicted molar refractivity (Wildman–Crippen MR) is 72.7 cm³/mol. The molecule has 1 aromatic carbocycles. The first-order chi connectivity index (χ1) is 8.90. The van der Waals surface area contributed by atoms with Crippen LogP contribution in [0.15, 0.2) is 24.3 Å². The number of nitrogens with one attached hydrogen (secondary N) is 1. The van der Waals surface area contributed by atoms with E-state index in [0.29, 0.717) is 5.56 Å². The third-order valence-electron chi connectivity index (χ3n) is 2.27.